The van der Waals surface area contributed by atoms with Crippen molar-refractivity contribution in [2.24, 2.45) is 5.92 Å². The van der Waals surface area contributed by atoms with Crippen LogP contribution in [0.3, 0.4) is 0 Å². The van der Waals surface area contributed by atoms with Gasteiger partial charge in [-0.2, -0.15) is 0 Å². The topological polar surface area (TPSA) is 59.6 Å². The zero-order chi connectivity index (χ0) is 12.6. The Hall–Kier alpha value is -0.810. The van der Waals surface area contributed by atoms with E-state index in [4.69, 9.17) is 9.47 Å². The van der Waals surface area contributed by atoms with E-state index in [1.54, 1.807) is 7.11 Å². The molecule has 5 heteroatoms. The number of alkyl carbamates (subject to hydrolysis) is 1. The minimum absolute atomic E-state index is 0.134. The van der Waals surface area contributed by atoms with Crippen LogP contribution in [-0.4, -0.2) is 43.5 Å². The number of carbonyl (C=O) groups excluding carboxylic acids is 1. The first-order chi connectivity index (χ1) is 7.90. The molecule has 98 valence electrons. The minimum Gasteiger partial charge on any atom is -0.444 e. The number of rotatable bonds is 2. The lowest BCUT2D eigenvalue weighted by molar-refractivity contribution is 0.0480. The van der Waals surface area contributed by atoms with Gasteiger partial charge in [0.05, 0.1) is 18.2 Å². The van der Waals surface area contributed by atoms with Gasteiger partial charge in [-0.05, 0) is 33.1 Å². The maximum atomic E-state index is 11.7. The van der Waals surface area contributed by atoms with Crippen LogP contribution < -0.4 is 10.6 Å². The number of hydrogen-bond donors (Lipinski definition) is 2. The second-order valence-corrected chi connectivity index (χ2v) is 5.88. The number of amides is 1. The molecule has 0 radical (unpaired) electrons. The molecule has 4 atom stereocenters. The number of carbonyl (C=O) groups is 1. The molecule has 0 aromatic heterocycles. The Kier molecular flexibility index (Phi) is 3.32. The Morgan fingerprint density at radius 2 is 2.12 bits per heavy atom. The molecule has 1 saturated carbocycles. The molecule has 0 spiro atoms. The van der Waals surface area contributed by atoms with Crippen molar-refractivity contribution in [2.45, 2.75) is 51.0 Å². The monoisotopic (exact) mass is 242 g/mol. The van der Waals surface area contributed by atoms with Crippen molar-refractivity contribution in [3.63, 3.8) is 0 Å². The van der Waals surface area contributed by atoms with Crippen molar-refractivity contribution >= 4 is 6.09 Å². The van der Waals surface area contributed by atoms with E-state index < -0.39 is 5.60 Å². The van der Waals surface area contributed by atoms with Crippen LogP contribution in [0.1, 0.15) is 27.2 Å². The molecule has 1 saturated heterocycles. The van der Waals surface area contributed by atoms with Crippen molar-refractivity contribution in [1.82, 2.24) is 10.6 Å². The van der Waals surface area contributed by atoms with Crippen LogP contribution in [-0.2, 0) is 9.47 Å². The number of methoxy groups -OCH3 is 1. The first-order valence-corrected chi connectivity index (χ1v) is 6.16. The molecule has 1 aliphatic carbocycles. The molecule has 1 heterocycles. The van der Waals surface area contributed by atoms with E-state index in [2.05, 4.69) is 10.6 Å². The summed E-state index contributed by atoms with van der Waals surface area (Å²) in [4.78, 5) is 11.7. The van der Waals surface area contributed by atoms with Gasteiger partial charge in [0.15, 0.2) is 0 Å². The highest BCUT2D eigenvalue weighted by Crippen LogP contribution is 2.33. The Balaban J connectivity index is 1.90. The summed E-state index contributed by atoms with van der Waals surface area (Å²) in [5.74, 6) is 0.456. The highest BCUT2D eigenvalue weighted by atomic mass is 16.6. The summed E-state index contributed by atoms with van der Waals surface area (Å²) in [6.45, 7) is 6.55. The largest absolute Gasteiger partial charge is 0.444 e. The average molecular weight is 242 g/mol. The van der Waals surface area contributed by atoms with Crippen molar-refractivity contribution in [1.29, 1.82) is 0 Å². The van der Waals surface area contributed by atoms with Gasteiger partial charge in [-0.1, -0.05) is 0 Å². The second kappa shape index (κ2) is 4.46. The van der Waals surface area contributed by atoms with Crippen LogP contribution >= 0.6 is 0 Å². The summed E-state index contributed by atoms with van der Waals surface area (Å²) in [5, 5.41) is 6.34. The Morgan fingerprint density at radius 1 is 1.41 bits per heavy atom. The SMILES string of the molecule is CO[C@H]1C[C@@H]2CN[C@H]1[C@@H]2NC(=O)OC(C)(C)C. The van der Waals surface area contributed by atoms with Gasteiger partial charge in [-0.3, -0.25) is 0 Å². The Morgan fingerprint density at radius 3 is 2.65 bits per heavy atom. The number of hydrogen-bond acceptors (Lipinski definition) is 4. The van der Waals surface area contributed by atoms with Crippen LogP contribution in [0, 0.1) is 5.92 Å². The molecule has 2 bridgehead atoms. The third kappa shape index (κ3) is 2.72. The van der Waals surface area contributed by atoms with E-state index in [-0.39, 0.29) is 24.3 Å². The van der Waals surface area contributed by atoms with Crippen molar-refractivity contribution < 1.29 is 14.3 Å². The van der Waals surface area contributed by atoms with Gasteiger partial charge in [-0.25, -0.2) is 4.79 Å². The summed E-state index contributed by atoms with van der Waals surface area (Å²) < 4.78 is 10.7. The van der Waals surface area contributed by atoms with Gasteiger partial charge in [0.25, 0.3) is 0 Å². The lowest BCUT2D eigenvalue weighted by Crippen LogP contribution is -2.48. The number of nitrogens with one attached hydrogen (secondary N) is 2. The van der Waals surface area contributed by atoms with Crippen molar-refractivity contribution in [3.8, 4) is 0 Å². The third-order valence-corrected chi connectivity index (χ3v) is 3.43. The minimum atomic E-state index is -0.449. The fourth-order valence-corrected chi connectivity index (χ4v) is 2.77. The molecule has 0 unspecified atom stereocenters. The Bertz CT molecular complexity index is 301. The van der Waals surface area contributed by atoms with Gasteiger partial charge < -0.3 is 20.1 Å². The molecular weight excluding hydrogens is 220 g/mol. The second-order valence-electron chi connectivity index (χ2n) is 5.88. The van der Waals surface area contributed by atoms with Gasteiger partial charge in [-0.15, -0.1) is 0 Å². The molecule has 0 aromatic carbocycles. The highest BCUT2D eigenvalue weighted by molar-refractivity contribution is 5.68. The summed E-state index contributed by atoms with van der Waals surface area (Å²) in [6, 6.07) is 0.354. The van der Waals surface area contributed by atoms with Crippen LogP contribution in [0.2, 0.25) is 0 Å². The fraction of sp³-hybridized carbons (Fsp3) is 0.917. The van der Waals surface area contributed by atoms with E-state index in [1.807, 2.05) is 20.8 Å². The van der Waals surface area contributed by atoms with E-state index in [9.17, 15) is 4.79 Å². The normalized spacial score (nSPS) is 36.0. The zero-order valence-electron chi connectivity index (χ0n) is 10.9. The molecule has 2 aliphatic rings. The van der Waals surface area contributed by atoms with E-state index in [0.717, 1.165) is 13.0 Å². The molecule has 17 heavy (non-hydrogen) atoms. The first kappa shape index (κ1) is 12.6. The molecule has 1 amide bonds. The maximum absolute atomic E-state index is 11.7. The summed E-state index contributed by atoms with van der Waals surface area (Å²) in [6.07, 6.45) is 0.876. The van der Waals surface area contributed by atoms with Gasteiger partial charge in [0.1, 0.15) is 5.60 Å². The molecule has 5 nitrogen and oxygen atoms in total. The van der Waals surface area contributed by atoms with Gasteiger partial charge >= 0.3 is 6.09 Å². The lowest BCUT2D eigenvalue weighted by Gasteiger charge is -2.24. The average Bonchev–Trinajstić information content (AvgIpc) is 2.72. The Labute approximate surface area is 102 Å². The third-order valence-electron chi connectivity index (χ3n) is 3.43. The summed E-state index contributed by atoms with van der Waals surface area (Å²) in [7, 11) is 1.72. The van der Waals surface area contributed by atoms with Crippen molar-refractivity contribution in [2.75, 3.05) is 13.7 Å². The fourth-order valence-electron chi connectivity index (χ4n) is 2.77. The quantitative estimate of drug-likeness (QED) is 0.755. The number of piperidine rings is 1. The maximum Gasteiger partial charge on any atom is 0.407 e. The van der Waals surface area contributed by atoms with Crippen LogP contribution in [0.25, 0.3) is 0 Å². The molecule has 1 aliphatic heterocycles. The number of ether oxygens (including phenoxy) is 2. The summed E-state index contributed by atoms with van der Waals surface area (Å²) in [5.41, 5.74) is -0.449. The first-order valence-electron chi connectivity index (χ1n) is 6.16. The van der Waals surface area contributed by atoms with Gasteiger partial charge in [0.2, 0.25) is 0 Å². The van der Waals surface area contributed by atoms with Crippen LogP contribution in [0.15, 0.2) is 0 Å². The smallest absolute Gasteiger partial charge is 0.407 e. The van der Waals surface area contributed by atoms with Crippen molar-refractivity contribution in [3.05, 3.63) is 0 Å². The predicted molar refractivity (Wildman–Crippen MR) is 63.9 cm³/mol. The molecular formula is C12H22N2O3. The lowest BCUT2D eigenvalue weighted by atomic mass is 10.1. The molecule has 2 fully saturated rings. The van der Waals surface area contributed by atoms with Gasteiger partial charge in [0, 0.05) is 13.7 Å². The van der Waals surface area contributed by atoms with Crippen LogP contribution in [0.5, 0.6) is 0 Å². The molecule has 2 rings (SSSR count). The highest BCUT2D eigenvalue weighted by Gasteiger charge is 2.49. The summed E-state index contributed by atoms with van der Waals surface area (Å²) >= 11 is 0. The molecule has 2 N–H and O–H groups in total. The van der Waals surface area contributed by atoms with E-state index in [0.29, 0.717) is 5.92 Å². The number of fused-ring (bicyclic) bond motifs is 2. The molecule has 0 aromatic rings. The van der Waals surface area contributed by atoms with E-state index in [1.165, 1.54) is 0 Å². The van der Waals surface area contributed by atoms with Crippen LogP contribution in [0.4, 0.5) is 4.79 Å². The predicted octanol–water partition coefficient (Wildman–Crippen LogP) is 0.886. The standard InChI is InChI=1S/C12H22N2O3/c1-12(2,3)17-11(15)14-9-7-5-8(16-4)10(9)13-6-7/h7-10,13H,5-6H2,1-4H3,(H,14,15)/t7-,8+,9-,10-/m1/s1. The van der Waals surface area contributed by atoms with E-state index >= 15 is 0 Å². The zero-order valence-corrected chi connectivity index (χ0v) is 10.9.